The van der Waals surface area contributed by atoms with Gasteiger partial charge in [0.05, 0.1) is 56.2 Å². The van der Waals surface area contributed by atoms with Gasteiger partial charge in [0.15, 0.2) is 36.0 Å². The Labute approximate surface area is 593 Å². The Morgan fingerprint density at radius 1 is 0.480 bits per heavy atom. The summed E-state index contributed by atoms with van der Waals surface area (Å²) in [5, 5.41) is 18.6. The van der Waals surface area contributed by atoms with Gasteiger partial charge in [0.1, 0.15) is 35.6 Å². The van der Waals surface area contributed by atoms with Gasteiger partial charge < -0.3 is 66.3 Å². The Hall–Kier alpha value is -4.52. The zero-order valence-corrected chi connectivity index (χ0v) is 62.9. The van der Waals surface area contributed by atoms with Gasteiger partial charge in [0.2, 0.25) is 0 Å². The number of fused-ring (bicyclic) bond motifs is 2. The lowest BCUT2D eigenvalue weighted by atomic mass is 9.50. The van der Waals surface area contributed by atoms with Crippen LogP contribution in [0.2, 0.25) is 0 Å². The number of esters is 6. The molecular formula is C78H118N2O20. The fourth-order valence-electron chi connectivity index (χ4n) is 20.6. The number of rotatable bonds is 24. The van der Waals surface area contributed by atoms with Gasteiger partial charge in [-0.2, -0.15) is 10.5 Å². The molecule has 560 valence electrons. The molecule has 16 fully saturated rings. The molecule has 0 spiro atoms. The number of carbonyl (C=O) groups excluding carboxylic acids is 6. The molecule has 12 aliphatic carbocycles. The minimum Gasteiger partial charge on any atom is -0.458 e. The largest absolute Gasteiger partial charge is 0.458 e. The first-order chi connectivity index (χ1) is 47.0. The third-order valence-corrected chi connectivity index (χ3v) is 26.4. The average Bonchev–Trinajstić information content (AvgIpc) is 1.57. The van der Waals surface area contributed by atoms with Crippen molar-refractivity contribution in [3.8, 4) is 12.1 Å². The number of hydrogen-bond donors (Lipinski definition) is 0. The minimum atomic E-state index is -0.974. The van der Waals surface area contributed by atoms with Crippen molar-refractivity contribution in [1.29, 1.82) is 10.5 Å². The highest BCUT2D eigenvalue weighted by atomic mass is 16.7. The number of carbonyl (C=O) groups is 6. The van der Waals surface area contributed by atoms with Crippen molar-refractivity contribution in [3.63, 3.8) is 0 Å². The van der Waals surface area contributed by atoms with Gasteiger partial charge in [-0.1, -0.05) is 27.7 Å². The lowest BCUT2D eigenvalue weighted by Crippen LogP contribution is -2.69. The van der Waals surface area contributed by atoms with Crippen LogP contribution in [0.15, 0.2) is 0 Å². The third kappa shape index (κ3) is 14.4. The molecular weight excluding hydrogens is 1280 g/mol. The number of nitriles is 2. The highest BCUT2D eigenvalue weighted by Crippen LogP contribution is 2.67. The molecule has 0 aromatic heterocycles. The summed E-state index contributed by atoms with van der Waals surface area (Å²) in [6.45, 7) is 33.9. The Kier molecular flexibility index (Phi) is 21.5. The predicted octanol–water partition coefficient (Wildman–Crippen LogP) is 13.1. The van der Waals surface area contributed by atoms with Gasteiger partial charge in [0.25, 0.3) is 0 Å². The summed E-state index contributed by atoms with van der Waals surface area (Å²) in [4.78, 5) is 74.5. The second-order valence-electron chi connectivity index (χ2n) is 35.5. The first-order valence-corrected chi connectivity index (χ1v) is 38.3. The molecule has 12 saturated carbocycles. The third-order valence-electron chi connectivity index (χ3n) is 26.4. The monoisotopic (exact) mass is 1400 g/mol. The summed E-state index contributed by atoms with van der Waals surface area (Å²) >= 11 is 0. The fourth-order valence-corrected chi connectivity index (χ4v) is 20.6. The van der Waals surface area contributed by atoms with Crippen LogP contribution < -0.4 is 0 Å². The molecule has 16 rings (SSSR count). The second-order valence-corrected chi connectivity index (χ2v) is 35.5. The molecule has 18 atom stereocenters. The number of nitrogens with zero attached hydrogens (tertiary/aromatic N) is 2. The number of ether oxygens (including phenoxy) is 14. The fraction of sp³-hybridized carbons (Fsp3) is 0.897. The molecule has 0 amide bonds. The van der Waals surface area contributed by atoms with Crippen LogP contribution in [0.5, 0.6) is 0 Å². The van der Waals surface area contributed by atoms with E-state index in [1.54, 1.807) is 0 Å². The van der Waals surface area contributed by atoms with E-state index in [4.69, 9.17) is 66.3 Å². The van der Waals surface area contributed by atoms with E-state index in [1.165, 1.54) is 0 Å². The number of hydrogen-bond acceptors (Lipinski definition) is 22. The van der Waals surface area contributed by atoms with Gasteiger partial charge in [-0.15, -0.1) is 0 Å². The molecule has 12 bridgehead atoms. The first-order valence-electron chi connectivity index (χ1n) is 38.3. The van der Waals surface area contributed by atoms with Gasteiger partial charge in [-0.3, -0.25) is 28.8 Å². The van der Waals surface area contributed by atoms with Gasteiger partial charge in [0, 0.05) is 101 Å². The van der Waals surface area contributed by atoms with Crippen LogP contribution in [0.1, 0.15) is 265 Å². The van der Waals surface area contributed by atoms with E-state index in [1.807, 2.05) is 111 Å². The molecule has 100 heavy (non-hydrogen) atoms. The van der Waals surface area contributed by atoms with Crippen LogP contribution in [-0.4, -0.2) is 145 Å². The highest BCUT2D eigenvalue weighted by Gasteiger charge is 2.75. The Morgan fingerprint density at radius 3 is 1.13 bits per heavy atom. The van der Waals surface area contributed by atoms with Crippen molar-refractivity contribution < 1.29 is 95.1 Å². The summed E-state index contributed by atoms with van der Waals surface area (Å²) in [5.74, 6) is -0.759. The second kappa shape index (κ2) is 28.1. The van der Waals surface area contributed by atoms with Crippen LogP contribution in [0.4, 0.5) is 0 Å². The SMILES string of the molecule is CCC(C)(C)C(=O)OC12CC3CC(OC4CCCO4)(C1)CC(OC1CCCO1)(C3)C2.CCC(C)(C)C(=O)OC1C2CC3C1OC(=O)C3(C#N)C2.CCC(C)(C)C(=O)OC1C2CC3C1OC(=O)C3(C#N)C2.CCOC(C)OC12CC3CC(OC(=O)C(C)(C)CC)(C1)CC(OC(C)OCC)(C3)C2. The van der Waals surface area contributed by atoms with Crippen LogP contribution in [-0.2, 0) is 95.1 Å². The van der Waals surface area contributed by atoms with E-state index in [0.29, 0.717) is 63.6 Å². The molecule has 16 aliphatic rings. The van der Waals surface area contributed by atoms with Crippen molar-refractivity contribution in [2.75, 3.05) is 26.4 Å². The molecule has 22 nitrogen and oxygen atoms in total. The highest BCUT2D eigenvalue weighted by molar-refractivity contribution is 5.86. The van der Waals surface area contributed by atoms with Crippen molar-refractivity contribution in [1.82, 2.24) is 0 Å². The van der Waals surface area contributed by atoms with E-state index in [2.05, 4.69) is 12.1 Å². The minimum absolute atomic E-state index is 0.0766. The summed E-state index contributed by atoms with van der Waals surface area (Å²) < 4.78 is 84.4. The topological polar surface area (TPSA) is 279 Å². The standard InChI is InChI=1S/C24H38O6.C24H42O6.2C15H19NO4/c1-4-21(2,3)20(25)30-24-13-17-11-22(15-24,28-18-7-5-9-26-18)14-23(12-17,16-24)29-19-8-6-10-27-19;1-8-21(6,7)20(25)30-24-13-19-11-22(15-24,28-17(4)26-9-2)14-23(12-19,16-24)29-18(5)27-10-3;2*1-4-14(2,3)12(17)19-10-8-5-9-11(10)20-13(18)15(9,6-8)7-16/h17-19H,4-16H2,1-3H3;17-19H,8-16H2,1-7H3;2*8-11H,4-6H2,1-3H3. The smallest absolute Gasteiger partial charge is 0.327 e. The zero-order valence-electron chi connectivity index (χ0n) is 62.9. The van der Waals surface area contributed by atoms with Gasteiger partial charge >= 0.3 is 35.8 Å². The average molecular weight is 1400 g/mol. The summed E-state index contributed by atoms with van der Waals surface area (Å²) in [7, 11) is 0. The maximum atomic E-state index is 13.1. The quantitative estimate of drug-likeness (QED) is 0.0493. The van der Waals surface area contributed by atoms with E-state index in [-0.39, 0.29) is 96.1 Å². The summed E-state index contributed by atoms with van der Waals surface area (Å²) in [6, 6.07) is 4.30. The maximum absolute atomic E-state index is 13.1. The first kappa shape index (κ1) is 76.6. The maximum Gasteiger partial charge on any atom is 0.327 e. The van der Waals surface area contributed by atoms with Crippen LogP contribution >= 0.6 is 0 Å². The van der Waals surface area contributed by atoms with E-state index < -0.39 is 79.0 Å². The molecule has 18 unspecified atom stereocenters. The Bertz CT molecular complexity index is 2980. The lowest BCUT2D eigenvalue weighted by Gasteiger charge is -2.65. The summed E-state index contributed by atoms with van der Waals surface area (Å²) in [5.41, 5.74) is -6.47. The van der Waals surface area contributed by atoms with Crippen molar-refractivity contribution in [3.05, 3.63) is 0 Å². The molecule has 0 radical (unpaired) electrons. The Balaban J connectivity index is 0.000000137. The van der Waals surface area contributed by atoms with Crippen molar-refractivity contribution >= 4 is 35.8 Å². The van der Waals surface area contributed by atoms with E-state index in [0.717, 1.165) is 129 Å². The van der Waals surface area contributed by atoms with Crippen LogP contribution in [0.25, 0.3) is 0 Å². The molecule has 4 saturated heterocycles. The zero-order chi connectivity index (χ0) is 72.7. The Morgan fingerprint density at radius 2 is 0.800 bits per heavy atom. The van der Waals surface area contributed by atoms with Crippen LogP contribution in [0, 0.1) is 90.7 Å². The van der Waals surface area contributed by atoms with E-state index in [9.17, 15) is 39.3 Å². The van der Waals surface area contributed by atoms with Crippen molar-refractivity contribution in [2.45, 2.75) is 348 Å². The predicted molar refractivity (Wildman–Crippen MR) is 360 cm³/mol. The summed E-state index contributed by atoms with van der Waals surface area (Å²) in [6.07, 6.45) is 17.2. The van der Waals surface area contributed by atoms with E-state index >= 15 is 0 Å². The van der Waals surface area contributed by atoms with Crippen LogP contribution in [0.3, 0.4) is 0 Å². The molecule has 4 heterocycles. The lowest BCUT2D eigenvalue weighted by molar-refractivity contribution is -0.334. The molecule has 0 aromatic rings. The molecule has 0 aromatic carbocycles. The molecule has 0 N–H and O–H groups in total. The normalized spacial score (nSPS) is 41.3. The molecule has 22 heteroatoms. The van der Waals surface area contributed by atoms with Crippen molar-refractivity contribution in [2.24, 2.45) is 68.0 Å². The molecule has 4 aliphatic heterocycles. The van der Waals surface area contributed by atoms with Gasteiger partial charge in [-0.05, 0) is 198 Å². The van der Waals surface area contributed by atoms with Gasteiger partial charge in [-0.25, -0.2) is 0 Å².